The second kappa shape index (κ2) is 4.87. The molecule has 0 aliphatic carbocycles. The highest BCUT2D eigenvalue weighted by Gasteiger charge is 2.08. The molecule has 7 heteroatoms. The Balaban J connectivity index is 2.60. The Morgan fingerprint density at radius 1 is 1.36 bits per heavy atom. The lowest BCUT2D eigenvalue weighted by Gasteiger charge is -2.05. The van der Waals surface area contributed by atoms with Crippen LogP contribution in [0.3, 0.4) is 0 Å². The third-order valence-corrected chi connectivity index (χ3v) is 2.37. The van der Waals surface area contributed by atoms with E-state index in [1.54, 1.807) is 6.07 Å². The maximum atomic E-state index is 11.3. The van der Waals surface area contributed by atoms with Gasteiger partial charge in [0.1, 0.15) is 0 Å². The molecule has 1 rings (SSSR count). The third kappa shape index (κ3) is 3.67. The lowest BCUT2D eigenvalue weighted by atomic mass is 10.5. The van der Waals surface area contributed by atoms with E-state index in [0.29, 0.717) is 6.54 Å². The first-order valence-corrected chi connectivity index (χ1v) is 5.67. The molecule has 0 aromatic carbocycles. The van der Waals surface area contributed by atoms with Crippen LogP contribution < -0.4 is 9.44 Å². The number of hydrogen-bond donors (Lipinski definition) is 2. The summed E-state index contributed by atoms with van der Waals surface area (Å²) in [5.41, 5.74) is 0. The van der Waals surface area contributed by atoms with Crippen molar-refractivity contribution in [3.8, 4) is 0 Å². The first kappa shape index (κ1) is 10.9. The molecule has 0 spiro atoms. The molecule has 0 bridgehead atoms. The van der Waals surface area contributed by atoms with Gasteiger partial charge in [0, 0.05) is 18.9 Å². The summed E-state index contributed by atoms with van der Waals surface area (Å²) in [6.45, 7) is 2.27. The Bertz CT molecular complexity index is 365. The minimum absolute atomic E-state index is 0.0658. The van der Waals surface area contributed by atoms with Crippen LogP contribution in [-0.4, -0.2) is 24.9 Å². The van der Waals surface area contributed by atoms with E-state index in [1.807, 2.05) is 6.92 Å². The average molecular weight is 216 g/mol. The van der Waals surface area contributed by atoms with Gasteiger partial charge in [-0.05, 0) is 12.5 Å². The molecular weight excluding hydrogens is 204 g/mol. The van der Waals surface area contributed by atoms with Gasteiger partial charge in [0.05, 0.1) is 0 Å². The van der Waals surface area contributed by atoms with Gasteiger partial charge in [-0.2, -0.15) is 13.1 Å². The van der Waals surface area contributed by atoms with Gasteiger partial charge < -0.3 is 0 Å². The highest BCUT2D eigenvalue weighted by atomic mass is 32.2. The molecule has 14 heavy (non-hydrogen) atoms. The van der Waals surface area contributed by atoms with Crippen molar-refractivity contribution in [3.05, 3.63) is 18.5 Å². The highest BCUT2D eigenvalue weighted by molar-refractivity contribution is 7.90. The summed E-state index contributed by atoms with van der Waals surface area (Å²) in [7, 11) is -3.52. The van der Waals surface area contributed by atoms with Gasteiger partial charge in [-0.15, -0.1) is 0 Å². The molecule has 0 aliphatic heterocycles. The van der Waals surface area contributed by atoms with E-state index in [4.69, 9.17) is 0 Å². The molecule has 0 atom stereocenters. The molecule has 6 nitrogen and oxygen atoms in total. The predicted molar refractivity (Wildman–Crippen MR) is 52.9 cm³/mol. The van der Waals surface area contributed by atoms with Crippen molar-refractivity contribution in [2.45, 2.75) is 13.3 Å². The van der Waals surface area contributed by atoms with Crippen molar-refractivity contribution in [2.24, 2.45) is 0 Å². The van der Waals surface area contributed by atoms with Crippen LogP contribution in [0.1, 0.15) is 13.3 Å². The molecule has 0 fully saturated rings. The van der Waals surface area contributed by atoms with Gasteiger partial charge in [0.2, 0.25) is 5.95 Å². The molecule has 1 aromatic heterocycles. The Morgan fingerprint density at radius 3 is 2.57 bits per heavy atom. The molecule has 1 heterocycles. The standard InChI is InChI=1S/C7H12N4O2S/c1-2-4-10-14(12,13)11-7-8-5-3-6-9-7/h3,5-6,10H,2,4H2,1H3,(H,8,9,11). The average Bonchev–Trinajstić information content (AvgIpc) is 2.16. The van der Waals surface area contributed by atoms with Crippen LogP contribution in [0.4, 0.5) is 5.95 Å². The Kier molecular flexibility index (Phi) is 3.78. The normalized spacial score (nSPS) is 11.2. The molecule has 0 aliphatic rings. The van der Waals surface area contributed by atoms with Gasteiger partial charge >= 0.3 is 10.2 Å². The summed E-state index contributed by atoms with van der Waals surface area (Å²) in [5.74, 6) is 0.0658. The zero-order valence-corrected chi connectivity index (χ0v) is 8.58. The summed E-state index contributed by atoms with van der Waals surface area (Å²) in [6.07, 6.45) is 3.66. The number of aromatic nitrogens is 2. The van der Waals surface area contributed by atoms with Crippen LogP contribution in [0.5, 0.6) is 0 Å². The van der Waals surface area contributed by atoms with Crippen LogP contribution in [-0.2, 0) is 10.2 Å². The summed E-state index contributed by atoms with van der Waals surface area (Å²) in [6, 6.07) is 1.61. The SMILES string of the molecule is CCCNS(=O)(=O)Nc1ncccn1. The fourth-order valence-electron chi connectivity index (χ4n) is 0.744. The monoisotopic (exact) mass is 216 g/mol. The minimum Gasteiger partial charge on any atom is -0.238 e. The summed E-state index contributed by atoms with van der Waals surface area (Å²) in [5, 5.41) is 0. The molecule has 2 N–H and O–H groups in total. The Morgan fingerprint density at radius 2 is 2.00 bits per heavy atom. The van der Waals surface area contributed by atoms with Gasteiger partial charge in [0.15, 0.2) is 0 Å². The Hall–Kier alpha value is -1.21. The van der Waals surface area contributed by atoms with Crippen LogP contribution in [0.25, 0.3) is 0 Å². The minimum atomic E-state index is -3.52. The number of rotatable bonds is 5. The lowest BCUT2D eigenvalue weighted by molar-refractivity contribution is 0.586. The number of nitrogens with one attached hydrogen (secondary N) is 2. The fraction of sp³-hybridized carbons (Fsp3) is 0.429. The van der Waals surface area contributed by atoms with Gasteiger partial charge in [-0.3, -0.25) is 0 Å². The first-order valence-electron chi connectivity index (χ1n) is 4.18. The first-order chi connectivity index (χ1) is 6.64. The van der Waals surface area contributed by atoms with Crippen molar-refractivity contribution in [2.75, 3.05) is 11.3 Å². The quantitative estimate of drug-likeness (QED) is 0.733. The number of nitrogens with zero attached hydrogens (tertiary/aromatic N) is 2. The van der Waals surface area contributed by atoms with Crippen LogP contribution in [0, 0.1) is 0 Å². The number of anilines is 1. The van der Waals surface area contributed by atoms with Crippen LogP contribution >= 0.6 is 0 Å². The lowest BCUT2D eigenvalue weighted by Crippen LogP contribution is -2.31. The van der Waals surface area contributed by atoms with E-state index in [1.165, 1.54) is 12.4 Å². The predicted octanol–water partition coefficient (Wildman–Crippen LogP) is 0.133. The Labute approximate surface area is 83.0 Å². The van der Waals surface area contributed by atoms with E-state index in [2.05, 4.69) is 19.4 Å². The molecule has 0 saturated carbocycles. The van der Waals surface area contributed by atoms with Crippen molar-refractivity contribution < 1.29 is 8.42 Å². The molecule has 0 saturated heterocycles. The molecule has 78 valence electrons. The fourth-order valence-corrected chi connectivity index (χ4v) is 1.64. The van der Waals surface area contributed by atoms with E-state index in [9.17, 15) is 8.42 Å². The van der Waals surface area contributed by atoms with Gasteiger partial charge in [0.25, 0.3) is 0 Å². The van der Waals surface area contributed by atoms with Crippen LogP contribution in [0.15, 0.2) is 18.5 Å². The van der Waals surface area contributed by atoms with Gasteiger partial charge in [-0.25, -0.2) is 14.7 Å². The highest BCUT2D eigenvalue weighted by Crippen LogP contribution is 1.96. The van der Waals surface area contributed by atoms with Crippen molar-refractivity contribution in [1.29, 1.82) is 0 Å². The zero-order valence-electron chi connectivity index (χ0n) is 7.77. The van der Waals surface area contributed by atoms with Crippen molar-refractivity contribution in [3.63, 3.8) is 0 Å². The summed E-state index contributed by atoms with van der Waals surface area (Å²) >= 11 is 0. The smallest absolute Gasteiger partial charge is 0.238 e. The van der Waals surface area contributed by atoms with E-state index >= 15 is 0 Å². The maximum absolute atomic E-state index is 11.3. The zero-order chi connectivity index (χ0) is 10.4. The molecule has 0 radical (unpaired) electrons. The summed E-state index contributed by atoms with van der Waals surface area (Å²) < 4.78 is 27.0. The largest absolute Gasteiger partial charge is 0.301 e. The van der Waals surface area contributed by atoms with Crippen LogP contribution in [0.2, 0.25) is 0 Å². The number of hydrogen-bond acceptors (Lipinski definition) is 4. The third-order valence-electron chi connectivity index (χ3n) is 1.33. The molecule has 1 aromatic rings. The van der Waals surface area contributed by atoms with Crippen molar-refractivity contribution >= 4 is 16.2 Å². The topological polar surface area (TPSA) is 84.0 Å². The van der Waals surface area contributed by atoms with Gasteiger partial charge in [-0.1, -0.05) is 6.92 Å². The van der Waals surface area contributed by atoms with E-state index in [-0.39, 0.29) is 5.95 Å². The second-order valence-corrected chi connectivity index (χ2v) is 4.07. The summed E-state index contributed by atoms with van der Waals surface area (Å²) in [4.78, 5) is 7.46. The molecule has 0 unspecified atom stereocenters. The molecular formula is C7H12N4O2S. The second-order valence-electron chi connectivity index (χ2n) is 2.57. The molecule has 0 amide bonds. The van der Waals surface area contributed by atoms with Crippen molar-refractivity contribution in [1.82, 2.24) is 14.7 Å². The maximum Gasteiger partial charge on any atom is 0.301 e. The van der Waals surface area contributed by atoms with E-state index < -0.39 is 10.2 Å². The van der Waals surface area contributed by atoms with E-state index in [0.717, 1.165) is 6.42 Å².